The van der Waals surface area contributed by atoms with Gasteiger partial charge < -0.3 is 15.4 Å². The molecular weight excluding hydrogens is 288 g/mol. The average Bonchev–Trinajstić information content (AvgIpc) is 2.95. The highest BCUT2D eigenvalue weighted by Crippen LogP contribution is 2.19. The van der Waals surface area contributed by atoms with E-state index < -0.39 is 12.0 Å². The molecule has 0 amide bonds. The Morgan fingerprint density at radius 3 is 2.65 bits per heavy atom. The van der Waals surface area contributed by atoms with Gasteiger partial charge in [-0.05, 0) is 29.7 Å². The summed E-state index contributed by atoms with van der Waals surface area (Å²) in [6, 6.07) is 15.3. The van der Waals surface area contributed by atoms with Gasteiger partial charge in [0, 0.05) is 30.1 Å². The maximum Gasteiger partial charge on any atom is 0.321 e. The van der Waals surface area contributed by atoms with Gasteiger partial charge in [-0.3, -0.25) is 4.79 Å². The molecule has 3 N–H and O–H groups in total. The molecule has 3 rings (SSSR count). The van der Waals surface area contributed by atoms with Crippen LogP contribution in [0, 0.1) is 6.92 Å². The number of rotatable bonds is 6. The summed E-state index contributed by atoms with van der Waals surface area (Å²) in [7, 11) is 0. The van der Waals surface area contributed by atoms with Gasteiger partial charge >= 0.3 is 5.97 Å². The molecule has 2 aromatic carbocycles. The van der Waals surface area contributed by atoms with Crippen molar-refractivity contribution in [3.8, 4) is 0 Å². The number of carboxylic acids is 1. The molecule has 0 bridgehead atoms. The van der Waals surface area contributed by atoms with Crippen molar-refractivity contribution in [2.45, 2.75) is 25.9 Å². The van der Waals surface area contributed by atoms with Crippen LogP contribution in [0.2, 0.25) is 0 Å². The van der Waals surface area contributed by atoms with E-state index in [4.69, 9.17) is 0 Å². The lowest BCUT2D eigenvalue weighted by molar-refractivity contribution is -0.139. The van der Waals surface area contributed by atoms with Crippen LogP contribution in [0.25, 0.3) is 10.9 Å². The zero-order chi connectivity index (χ0) is 16.2. The third kappa shape index (κ3) is 3.43. The molecule has 0 saturated heterocycles. The highest BCUT2D eigenvalue weighted by atomic mass is 16.4. The quantitative estimate of drug-likeness (QED) is 0.655. The second-order valence-corrected chi connectivity index (χ2v) is 5.76. The Hall–Kier alpha value is -2.59. The van der Waals surface area contributed by atoms with Gasteiger partial charge in [0.2, 0.25) is 0 Å². The normalized spacial score (nSPS) is 12.4. The van der Waals surface area contributed by atoms with E-state index in [0.717, 1.165) is 27.6 Å². The minimum Gasteiger partial charge on any atom is -0.480 e. The topological polar surface area (TPSA) is 65.1 Å². The molecule has 0 unspecified atom stereocenters. The number of benzene rings is 2. The van der Waals surface area contributed by atoms with Gasteiger partial charge in [-0.2, -0.15) is 0 Å². The Labute approximate surface area is 135 Å². The predicted molar refractivity (Wildman–Crippen MR) is 91.4 cm³/mol. The molecule has 4 heteroatoms. The predicted octanol–water partition coefficient (Wildman–Crippen LogP) is 3.26. The van der Waals surface area contributed by atoms with Crippen molar-refractivity contribution in [1.82, 2.24) is 10.3 Å². The van der Waals surface area contributed by atoms with Crippen LogP contribution >= 0.6 is 0 Å². The molecule has 1 heterocycles. The molecular formula is C19H20N2O2. The summed E-state index contributed by atoms with van der Waals surface area (Å²) in [6.07, 6.45) is 2.35. The van der Waals surface area contributed by atoms with E-state index in [-0.39, 0.29) is 0 Å². The second-order valence-electron chi connectivity index (χ2n) is 5.76. The number of para-hydroxylation sites is 1. The maximum absolute atomic E-state index is 11.6. The monoisotopic (exact) mass is 308 g/mol. The fraction of sp³-hybridized carbons (Fsp3) is 0.211. The Balaban J connectivity index is 1.75. The van der Waals surface area contributed by atoms with E-state index in [1.165, 1.54) is 0 Å². The summed E-state index contributed by atoms with van der Waals surface area (Å²) in [4.78, 5) is 14.8. The van der Waals surface area contributed by atoms with Gasteiger partial charge in [-0.25, -0.2) is 0 Å². The molecule has 0 aliphatic rings. The Morgan fingerprint density at radius 2 is 1.87 bits per heavy atom. The van der Waals surface area contributed by atoms with Crippen molar-refractivity contribution < 1.29 is 9.90 Å². The Bertz CT molecular complexity index is 823. The number of fused-ring (bicyclic) bond motifs is 1. The Kier molecular flexibility index (Phi) is 4.44. The fourth-order valence-electron chi connectivity index (χ4n) is 2.81. The van der Waals surface area contributed by atoms with Crippen molar-refractivity contribution in [3.05, 3.63) is 71.4 Å². The number of carbonyl (C=O) groups is 1. The molecule has 0 radical (unpaired) electrons. The molecule has 118 valence electrons. The van der Waals surface area contributed by atoms with E-state index in [9.17, 15) is 9.90 Å². The summed E-state index contributed by atoms with van der Waals surface area (Å²) >= 11 is 0. The molecule has 4 nitrogen and oxygen atoms in total. The highest BCUT2D eigenvalue weighted by Gasteiger charge is 2.19. The summed E-state index contributed by atoms with van der Waals surface area (Å²) in [5, 5.41) is 13.8. The van der Waals surface area contributed by atoms with Crippen LogP contribution < -0.4 is 5.32 Å². The molecule has 1 atom stereocenters. The summed E-state index contributed by atoms with van der Waals surface area (Å²) in [6.45, 7) is 2.58. The van der Waals surface area contributed by atoms with Crippen molar-refractivity contribution in [1.29, 1.82) is 0 Å². The third-order valence-corrected chi connectivity index (χ3v) is 4.20. The van der Waals surface area contributed by atoms with Crippen LogP contribution in [-0.4, -0.2) is 22.1 Å². The van der Waals surface area contributed by atoms with Gasteiger partial charge in [0.1, 0.15) is 6.04 Å². The lowest BCUT2D eigenvalue weighted by Gasteiger charge is -2.15. The van der Waals surface area contributed by atoms with Crippen LogP contribution in [0.5, 0.6) is 0 Å². The minimum atomic E-state index is -0.830. The molecule has 0 saturated carbocycles. The van der Waals surface area contributed by atoms with Crippen LogP contribution in [0.15, 0.2) is 54.7 Å². The van der Waals surface area contributed by atoms with E-state index in [1.54, 1.807) is 0 Å². The van der Waals surface area contributed by atoms with Crippen molar-refractivity contribution >= 4 is 16.9 Å². The largest absolute Gasteiger partial charge is 0.480 e. The first-order valence-corrected chi connectivity index (χ1v) is 7.71. The number of aromatic amines is 1. The second kappa shape index (κ2) is 6.67. The number of nitrogens with one attached hydrogen (secondary N) is 2. The molecule has 23 heavy (non-hydrogen) atoms. The van der Waals surface area contributed by atoms with Gasteiger partial charge in [-0.1, -0.05) is 42.5 Å². The first-order chi connectivity index (χ1) is 11.1. The SMILES string of the molecule is Cc1ccccc1CN[C@H](Cc1c[nH]c2ccccc12)C(=O)O. The van der Waals surface area contributed by atoms with E-state index in [1.807, 2.05) is 61.7 Å². The summed E-state index contributed by atoms with van der Waals surface area (Å²) < 4.78 is 0. The molecule has 1 aromatic heterocycles. The Morgan fingerprint density at radius 1 is 1.13 bits per heavy atom. The van der Waals surface area contributed by atoms with Crippen molar-refractivity contribution in [2.75, 3.05) is 0 Å². The number of aliphatic carboxylic acids is 1. The first-order valence-electron chi connectivity index (χ1n) is 7.71. The zero-order valence-corrected chi connectivity index (χ0v) is 13.0. The number of aryl methyl sites for hydroxylation is 1. The van der Waals surface area contributed by atoms with Gasteiger partial charge in [-0.15, -0.1) is 0 Å². The number of aromatic nitrogens is 1. The molecule has 3 aromatic rings. The van der Waals surface area contributed by atoms with Crippen LogP contribution in [0.3, 0.4) is 0 Å². The first kappa shape index (κ1) is 15.3. The van der Waals surface area contributed by atoms with Gasteiger partial charge in [0.25, 0.3) is 0 Å². The standard InChI is InChI=1S/C19H20N2O2/c1-13-6-2-3-7-14(13)11-21-18(19(22)23)10-15-12-20-17-9-5-4-8-16(15)17/h2-9,12,18,20-21H,10-11H2,1H3,(H,22,23)/t18-/m1/s1. The average molecular weight is 308 g/mol. The van der Waals surface area contributed by atoms with Gasteiger partial charge in [0.15, 0.2) is 0 Å². The van der Waals surface area contributed by atoms with Crippen LogP contribution in [0.4, 0.5) is 0 Å². The molecule has 0 aliphatic carbocycles. The lowest BCUT2D eigenvalue weighted by Crippen LogP contribution is -2.38. The van der Waals surface area contributed by atoms with Crippen LogP contribution in [0.1, 0.15) is 16.7 Å². The highest BCUT2D eigenvalue weighted by molar-refractivity contribution is 5.84. The van der Waals surface area contributed by atoms with E-state index >= 15 is 0 Å². The van der Waals surface area contributed by atoms with E-state index in [0.29, 0.717) is 13.0 Å². The smallest absolute Gasteiger partial charge is 0.321 e. The summed E-state index contributed by atoms with van der Waals surface area (Å²) in [5.41, 5.74) is 4.34. The zero-order valence-electron chi connectivity index (χ0n) is 13.0. The maximum atomic E-state index is 11.6. The fourth-order valence-corrected chi connectivity index (χ4v) is 2.81. The number of H-pyrrole nitrogens is 1. The molecule has 0 aliphatic heterocycles. The van der Waals surface area contributed by atoms with Crippen molar-refractivity contribution in [2.24, 2.45) is 0 Å². The number of hydrogen-bond acceptors (Lipinski definition) is 2. The summed E-state index contributed by atoms with van der Waals surface area (Å²) in [5.74, 6) is -0.830. The van der Waals surface area contributed by atoms with E-state index in [2.05, 4.69) is 10.3 Å². The number of carboxylic acid groups (broad SMARTS) is 1. The lowest BCUT2D eigenvalue weighted by atomic mass is 10.0. The number of hydrogen-bond donors (Lipinski definition) is 3. The minimum absolute atomic E-state index is 0.450. The molecule has 0 spiro atoms. The third-order valence-electron chi connectivity index (χ3n) is 4.20. The molecule has 0 fully saturated rings. The van der Waals surface area contributed by atoms with Crippen molar-refractivity contribution in [3.63, 3.8) is 0 Å². The van der Waals surface area contributed by atoms with Gasteiger partial charge in [0.05, 0.1) is 0 Å². The van der Waals surface area contributed by atoms with Crippen LogP contribution in [-0.2, 0) is 17.8 Å².